The Hall–Kier alpha value is -3.26. The van der Waals surface area contributed by atoms with Crippen LogP contribution >= 0.6 is 0 Å². The van der Waals surface area contributed by atoms with E-state index in [0.717, 1.165) is 12.7 Å². The summed E-state index contributed by atoms with van der Waals surface area (Å²) in [6, 6.07) is 11.0. The van der Waals surface area contributed by atoms with Gasteiger partial charge < -0.3 is 14.2 Å². The van der Waals surface area contributed by atoms with Crippen LogP contribution in [-0.4, -0.2) is 35.2 Å². The van der Waals surface area contributed by atoms with Gasteiger partial charge in [-0.2, -0.15) is 4.98 Å². The molecule has 1 aromatic heterocycles. The molecule has 2 rings (SSSR count). The number of pyridine rings is 1. The van der Waals surface area contributed by atoms with Crippen LogP contribution in [0.2, 0.25) is 0 Å². The maximum atomic E-state index is 11.9. The molecule has 0 N–H and O–H groups in total. The third kappa shape index (κ3) is 5.86. The minimum atomic E-state index is -0.905. The van der Waals surface area contributed by atoms with Gasteiger partial charge in [0, 0.05) is 11.6 Å². The summed E-state index contributed by atoms with van der Waals surface area (Å²) in [7, 11) is 1.13. The predicted molar refractivity (Wildman–Crippen MR) is 107 cm³/mol. The van der Waals surface area contributed by atoms with Crippen LogP contribution in [0, 0.1) is 17.0 Å². The summed E-state index contributed by atoms with van der Waals surface area (Å²) < 4.78 is 16.5. The number of carbonyl (C=O) groups excluding carboxylic acids is 1. The Morgan fingerprint density at radius 1 is 1.34 bits per heavy atom. The molecular formula is C21H24N2O6. The molecule has 1 unspecified atom stereocenters. The van der Waals surface area contributed by atoms with E-state index < -0.39 is 28.4 Å². The second-order valence-electron chi connectivity index (χ2n) is 6.41. The molecule has 0 amide bonds. The highest BCUT2D eigenvalue weighted by atomic mass is 16.6. The van der Waals surface area contributed by atoms with Crippen molar-refractivity contribution in [3.05, 3.63) is 76.0 Å². The normalized spacial score (nSPS) is 12.7. The van der Waals surface area contributed by atoms with Crippen molar-refractivity contribution in [2.45, 2.75) is 39.1 Å². The molecule has 0 radical (unpaired) electrons. The molecule has 2 aromatic rings. The molecule has 0 aliphatic heterocycles. The lowest BCUT2D eigenvalue weighted by molar-refractivity contribution is -0.385. The Balaban J connectivity index is 2.21. The average Bonchev–Trinajstić information content (AvgIpc) is 2.72. The summed E-state index contributed by atoms with van der Waals surface area (Å²) in [5.74, 6) is -0.793. The van der Waals surface area contributed by atoms with Gasteiger partial charge in [0.1, 0.15) is 6.10 Å². The lowest BCUT2D eigenvalue weighted by Crippen LogP contribution is -2.31. The lowest BCUT2D eigenvalue weighted by Gasteiger charge is -2.24. The second kappa shape index (κ2) is 10.3. The van der Waals surface area contributed by atoms with Gasteiger partial charge in [-0.15, -0.1) is 6.58 Å². The summed E-state index contributed by atoms with van der Waals surface area (Å²) in [6.07, 6.45) is 1.48. The summed E-state index contributed by atoms with van der Waals surface area (Å²) >= 11 is 0. The van der Waals surface area contributed by atoms with Gasteiger partial charge in [-0.25, -0.2) is 4.79 Å². The van der Waals surface area contributed by atoms with E-state index in [1.165, 1.54) is 6.07 Å². The molecule has 29 heavy (non-hydrogen) atoms. The number of benzene rings is 1. The van der Waals surface area contributed by atoms with E-state index in [1.807, 2.05) is 30.3 Å². The Labute approximate surface area is 169 Å². The zero-order chi connectivity index (χ0) is 21.4. The molecule has 0 saturated heterocycles. The third-order valence-corrected chi connectivity index (χ3v) is 4.25. The molecule has 8 heteroatoms. The number of carbonyl (C=O) groups is 1. The number of hydrogen-bond donors (Lipinski definition) is 0. The van der Waals surface area contributed by atoms with Gasteiger partial charge in [0.2, 0.25) is 11.6 Å². The van der Waals surface area contributed by atoms with E-state index in [0.29, 0.717) is 18.6 Å². The number of rotatable bonds is 10. The first kappa shape index (κ1) is 22.0. The van der Waals surface area contributed by atoms with Crippen molar-refractivity contribution in [3.63, 3.8) is 0 Å². The molecule has 0 aliphatic carbocycles. The van der Waals surface area contributed by atoms with Crippen LogP contribution in [0.25, 0.3) is 0 Å². The lowest BCUT2D eigenvalue weighted by atomic mass is 10.1. The number of nitrogens with zero attached hydrogens (tertiary/aromatic N) is 2. The average molecular weight is 400 g/mol. The van der Waals surface area contributed by atoms with E-state index in [-0.39, 0.29) is 12.0 Å². The van der Waals surface area contributed by atoms with Crippen LogP contribution in [0.1, 0.15) is 35.0 Å². The molecule has 0 spiro atoms. The molecular weight excluding hydrogens is 376 g/mol. The van der Waals surface area contributed by atoms with Crippen molar-refractivity contribution in [1.29, 1.82) is 0 Å². The van der Waals surface area contributed by atoms with Crippen molar-refractivity contribution in [2.75, 3.05) is 7.11 Å². The van der Waals surface area contributed by atoms with Crippen LogP contribution in [0.4, 0.5) is 5.69 Å². The van der Waals surface area contributed by atoms with E-state index in [1.54, 1.807) is 19.9 Å². The van der Waals surface area contributed by atoms with Crippen LogP contribution in [0.3, 0.4) is 0 Å². The van der Waals surface area contributed by atoms with Gasteiger partial charge in [0.05, 0.1) is 24.7 Å². The molecule has 0 aliphatic rings. The van der Waals surface area contributed by atoms with Crippen molar-refractivity contribution in [2.24, 2.45) is 0 Å². The highest BCUT2D eigenvalue weighted by molar-refractivity contribution is 5.91. The Kier molecular flexibility index (Phi) is 7.85. The highest BCUT2D eigenvalue weighted by Gasteiger charge is 2.27. The minimum Gasteiger partial charge on any atom is -0.472 e. The first-order valence-corrected chi connectivity index (χ1v) is 9.04. The van der Waals surface area contributed by atoms with Crippen LogP contribution in [-0.2, 0) is 16.1 Å². The topological polar surface area (TPSA) is 101 Å². The van der Waals surface area contributed by atoms with Gasteiger partial charge in [-0.3, -0.25) is 10.1 Å². The number of methoxy groups -OCH3 is 1. The number of aromatic nitrogens is 1. The standard InChI is InChI=1S/C21H24N2O6/c1-5-9-18(28-13-16-10-7-6-8-11-16)15(3)29-20-14(2)12-17(23(25)26)19(22-20)21(24)27-4/h5-8,10-12,15,18H,1,9,13H2,2-4H3/t15-,18?/m1/s1. The molecule has 2 atom stereocenters. The zero-order valence-corrected chi connectivity index (χ0v) is 16.7. The van der Waals surface area contributed by atoms with Crippen molar-refractivity contribution < 1.29 is 23.9 Å². The number of aryl methyl sites for hydroxylation is 1. The maximum absolute atomic E-state index is 11.9. The number of ether oxygens (including phenoxy) is 3. The monoisotopic (exact) mass is 400 g/mol. The quantitative estimate of drug-likeness (QED) is 0.257. The van der Waals surface area contributed by atoms with Gasteiger partial charge in [-0.05, 0) is 25.8 Å². The fourth-order valence-electron chi connectivity index (χ4n) is 2.68. The fourth-order valence-corrected chi connectivity index (χ4v) is 2.68. The summed E-state index contributed by atoms with van der Waals surface area (Å²) in [5.41, 5.74) is 0.607. The number of esters is 1. The highest BCUT2D eigenvalue weighted by Crippen LogP contribution is 2.27. The SMILES string of the molecule is C=CCC(OCc1ccccc1)[C@@H](C)Oc1nc(C(=O)OC)c([N+](=O)[O-])cc1C. The number of nitro groups is 1. The minimum absolute atomic E-state index is 0.112. The van der Waals surface area contributed by atoms with Gasteiger partial charge in [0.25, 0.3) is 0 Å². The molecule has 8 nitrogen and oxygen atoms in total. The molecule has 0 saturated carbocycles. The Morgan fingerprint density at radius 3 is 2.62 bits per heavy atom. The van der Waals surface area contributed by atoms with Gasteiger partial charge in [-0.1, -0.05) is 36.4 Å². The Morgan fingerprint density at radius 2 is 2.03 bits per heavy atom. The maximum Gasteiger partial charge on any atom is 0.364 e. The summed E-state index contributed by atoms with van der Waals surface area (Å²) in [4.78, 5) is 26.5. The van der Waals surface area contributed by atoms with Crippen molar-refractivity contribution >= 4 is 11.7 Å². The van der Waals surface area contributed by atoms with E-state index >= 15 is 0 Å². The largest absolute Gasteiger partial charge is 0.472 e. The molecule has 1 heterocycles. The van der Waals surface area contributed by atoms with Crippen molar-refractivity contribution in [1.82, 2.24) is 4.98 Å². The van der Waals surface area contributed by atoms with E-state index in [2.05, 4.69) is 16.3 Å². The third-order valence-electron chi connectivity index (χ3n) is 4.25. The van der Waals surface area contributed by atoms with E-state index in [9.17, 15) is 14.9 Å². The van der Waals surface area contributed by atoms with Crippen LogP contribution in [0.15, 0.2) is 49.1 Å². The molecule has 0 bridgehead atoms. The van der Waals surface area contributed by atoms with E-state index in [4.69, 9.17) is 9.47 Å². The zero-order valence-electron chi connectivity index (χ0n) is 16.7. The summed E-state index contributed by atoms with van der Waals surface area (Å²) in [5, 5.41) is 11.2. The molecule has 1 aromatic carbocycles. The molecule has 0 fully saturated rings. The smallest absolute Gasteiger partial charge is 0.364 e. The number of hydrogen-bond acceptors (Lipinski definition) is 7. The second-order valence-corrected chi connectivity index (χ2v) is 6.41. The summed E-state index contributed by atoms with van der Waals surface area (Å²) in [6.45, 7) is 7.58. The van der Waals surface area contributed by atoms with Crippen molar-refractivity contribution in [3.8, 4) is 5.88 Å². The van der Waals surface area contributed by atoms with Gasteiger partial charge in [0.15, 0.2) is 0 Å². The van der Waals surface area contributed by atoms with Gasteiger partial charge >= 0.3 is 11.7 Å². The molecule has 154 valence electrons. The predicted octanol–water partition coefficient (Wildman–Crippen LogP) is 4.01. The first-order valence-electron chi connectivity index (χ1n) is 9.04. The Bertz CT molecular complexity index is 869. The fraction of sp³-hybridized carbons (Fsp3) is 0.333. The first-order chi connectivity index (χ1) is 13.9. The van der Waals surface area contributed by atoms with Crippen LogP contribution < -0.4 is 4.74 Å². The van der Waals surface area contributed by atoms with Crippen LogP contribution in [0.5, 0.6) is 5.88 Å².